The van der Waals surface area contributed by atoms with Crippen molar-refractivity contribution in [3.05, 3.63) is 5.89 Å². The topological polar surface area (TPSA) is 68.2 Å². The maximum atomic E-state index is 5.67. The minimum absolute atomic E-state index is 0.690. The van der Waals surface area contributed by atoms with Crippen LogP contribution in [-0.2, 0) is 6.42 Å². The van der Waals surface area contributed by atoms with E-state index in [4.69, 9.17) is 10.3 Å². The molecular weight excluding hydrogens is 252 g/mol. The van der Waals surface area contributed by atoms with Gasteiger partial charge in [-0.2, -0.15) is 4.98 Å². The molecule has 2 rings (SSSR count). The smallest absolute Gasteiger partial charge is 0.266 e. The van der Waals surface area contributed by atoms with Gasteiger partial charge in [-0.15, -0.1) is 0 Å². The zero-order chi connectivity index (χ0) is 14.2. The molecule has 5 heteroatoms. The second kappa shape index (κ2) is 8.25. The summed E-state index contributed by atoms with van der Waals surface area (Å²) in [4.78, 5) is 6.78. The molecule has 2 heterocycles. The molecule has 0 amide bonds. The molecule has 0 aliphatic carbocycles. The molecule has 0 spiro atoms. The molecule has 0 saturated carbocycles. The quantitative estimate of drug-likeness (QED) is 0.793. The van der Waals surface area contributed by atoms with Gasteiger partial charge in [-0.05, 0) is 49.7 Å². The van der Waals surface area contributed by atoms with Crippen LogP contribution < -0.4 is 10.6 Å². The van der Waals surface area contributed by atoms with Crippen molar-refractivity contribution in [2.45, 2.75) is 58.3 Å². The van der Waals surface area contributed by atoms with Crippen LogP contribution in [0.1, 0.15) is 57.8 Å². The molecule has 1 aliphatic heterocycles. The first kappa shape index (κ1) is 15.3. The van der Waals surface area contributed by atoms with Gasteiger partial charge < -0.3 is 15.2 Å². The summed E-state index contributed by atoms with van der Waals surface area (Å²) in [7, 11) is 0. The molecule has 1 atom stereocenters. The van der Waals surface area contributed by atoms with Gasteiger partial charge in [0.15, 0.2) is 0 Å². The third kappa shape index (κ3) is 4.47. The van der Waals surface area contributed by atoms with E-state index in [2.05, 4.69) is 22.0 Å². The lowest BCUT2D eigenvalue weighted by atomic mass is 9.94. The highest BCUT2D eigenvalue weighted by Crippen LogP contribution is 2.20. The van der Waals surface area contributed by atoms with Crippen LogP contribution in [0.4, 0.5) is 5.95 Å². The third-order valence-electron chi connectivity index (χ3n) is 4.13. The standard InChI is InChI=1S/C15H28N4O/c1-2-6-13(9-10-16)7-8-14-17-15(18-20-14)19-11-4-3-5-12-19/h13H,2-12,16H2,1H3. The van der Waals surface area contributed by atoms with E-state index in [0.29, 0.717) is 5.92 Å². The monoisotopic (exact) mass is 280 g/mol. The molecule has 1 aromatic heterocycles. The summed E-state index contributed by atoms with van der Waals surface area (Å²) in [6.45, 7) is 5.12. The molecular formula is C15H28N4O. The van der Waals surface area contributed by atoms with E-state index < -0.39 is 0 Å². The highest BCUT2D eigenvalue weighted by atomic mass is 16.5. The van der Waals surface area contributed by atoms with Crippen molar-refractivity contribution in [1.82, 2.24) is 10.1 Å². The van der Waals surface area contributed by atoms with Gasteiger partial charge in [-0.1, -0.05) is 19.8 Å². The van der Waals surface area contributed by atoms with Crippen LogP contribution in [0.15, 0.2) is 4.52 Å². The summed E-state index contributed by atoms with van der Waals surface area (Å²) >= 11 is 0. The fraction of sp³-hybridized carbons (Fsp3) is 0.867. The van der Waals surface area contributed by atoms with Gasteiger partial charge in [-0.3, -0.25) is 0 Å². The summed E-state index contributed by atoms with van der Waals surface area (Å²) in [6, 6.07) is 0. The molecule has 1 unspecified atom stereocenters. The Balaban J connectivity index is 1.82. The van der Waals surface area contributed by atoms with Crippen LogP contribution in [0.5, 0.6) is 0 Å². The lowest BCUT2D eigenvalue weighted by molar-refractivity contribution is 0.348. The van der Waals surface area contributed by atoms with Crippen LogP contribution >= 0.6 is 0 Å². The van der Waals surface area contributed by atoms with Gasteiger partial charge in [0.25, 0.3) is 5.95 Å². The Kier molecular flexibility index (Phi) is 6.30. The SMILES string of the molecule is CCCC(CCN)CCc1nc(N2CCCCC2)no1. The lowest BCUT2D eigenvalue weighted by Gasteiger charge is -2.24. The molecule has 0 aromatic carbocycles. The minimum atomic E-state index is 0.690. The molecule has 20 heavy (non-hydrogen) atoms. The average molecular weight is 280 g/mol. The average Bonchev–Trinajstić information content (AvgIpc) is 2.95. The molecule has 1 aliphatic rings. The zero-order valence-electron chi connectivity index (χ0n) is 12.7. The van der Waals surface area contributed by atoms with Crippen LogP contribution in [0.3, 0.4) is 0 Å². The van der Waals surface area contributed by atoms with E-state index in [1.165, 1.54) is 32.1 Å². The molecule has 5 nitrogen and oxygen atoms in total. The van der Waals surface area contributed by atoms with Gasteiger partial charge in [0.2, 0.25) is 5.89 Å². The van der Waals surface area contributed by atoms with Crippen LogP contribution in [0.25, 0.3) is 0 Å². The van der Waals surface area contributed by atoms with Gasteiger partial charge in [0.05, 0.1) is 0 Å². The maximum Gasteiger partial charge on any atom is 0.266 e. The number of piperidine rings is 1. The molecule has 0 radical (unpaired) electrons. The Morgan fingerprint density at radius 3 is 2.70 bits per heavy atom. The predicted molar refractivity (Wildman–Crippen MR) is 80.8 cm³/mol. The summed E-state index contributed by atoms with van der Waals surface area (Å²) < 4.78 is 5.39. The van der Waals surface area contributed by atoms with Gasteiger partial charge in [0.1, 0.15) is 0 Å². The van der Waals surface area contributed by atoms with Crippen molar-refractivity contribution in [2.75, 3.05) is 24.5 Å². The summed E-state index contributed by atoms with van der Waals surface area (Å²) in [5, 5.41) is 4.12. The van der Waals surface area contributed by atoms with E-state index in [-0.39, 0.29) is 0 Å². The highest BCUT2D eigenvalue weighted by molar-refractivity contribution is 5.27. The number of aromatic nitrogens is 2. The molecule has 1 fully saturated rings. The van der Waals surface area contributed by atoms with Gasteiger partial charge in [0, 0.05) is 19.5 Å². The van der Waals surface area contributed by atoms with Crippen LogP contribution in [0.2, 0.25) is 0 Å². The van der Waals surface area contributed by atoms with Gasteiger partial charge >= 0.3 is 0 Å². The van der Waals surface area contributed by atoms with Crippen molar-refractivity contribution in [2.24, 2.45) is 11.7 Å². The third-order valence-corrected chi connectivity index (χ3v) is 4.13. The maximum absolute atomic E-state index is 5.67. The van der Waals surface area contributed by atoms with Crippen molar-refractivity contribution < 1.29 is 4.52 Å². The van der Waals surface area contributed by atoms with E-state index >= 15 is 0 Å². The Bertz CT molecular complexity index is 368. The number of nitrogens with two attached hydrogens (primary N) is 1. The Morgan fingerprint density at radius 1 is 1.20 bits per heavy atom. The van der Waals surface area contributed by atoms with Crippen LogP contribution in [-0.4, -0.2) is 29.8 Å². The first-order chi connectivity index (χ1) is 9.83. The molecule has 1 saturated heterocycles. The fourth-order valence-electron chi connectivity index (χ4n) is 2.97. The summed E-state index contributed by atoms with van der Waals surface area (Å²) in [5.41, 5.74) is 5.67. The number of hydrogen-bond donors (Lipinski definition) is 1. The first-order valence-electron chi connectivity index (χ1n) is 8.11. The second-order valence-electron chi connectivity index (χ2n) is 5.81. The lowest BCUT2D eigenvalue weighted by Crippen LogP contribution is -2.30. The number of nitrogens with zero attached hydrogens (tertiary/aromatic N) is 3. The van der Waals surface area contributed by atoms with E-state index in [1.54, 1.807) is 0 Å². The van der Waals surface area contributed by atoms with Crippen LogP contribution in [0, 0.1) is 5.92 Å². The zero-order valence-corrected chi connectivity index (χ0v) is 12.7. The van der Waals surface area contributed by atoms with Crippen molar-refractivity contribution >= 4 is 5.95 Å². The number of anilines is 1. The van der Waals surface area contributed by atoms with E-state index in [0.717, 1.165) is 50.7 Å². The normalized spacial score (nSPS) is 17.4. The van der Waals surface area contributed by atoms with E-state index in [9.17, 15) is 0 Å². The Hall–Kier alpha value is -1.10. The van der Waals surface area contributed by atoms with Crippen molar-refractivity contribution in [1.29, 1.82) is 0 Å². The van der Waals surface area contributed by atoms with Crippen molar-refractivity contribution in [3.8, 4) is 0 Å². The second-order valence-corrected chi connectivity index (χ2v) is 5.81. The fourth-order valence-corrected chi connectivity index (χ4v) is 2.97. The Morgan fingerprint density at radius 2 is 2.00 bits per heavy atom. The van der Waals surface area contributed by atoms with Crippen molar-refractivity contribution in [3.63, 3.8) is 0 Å². The highest BCUT2D eigenvalue weighted by Gasteiger charge is 2.17. The number of aryl methyl sites for hydroxylation is 1. The van der Waals surface area contributed by atoms with E-state index in [1.807, 2.05) is 0 Å². The predicted octanol–water partition coefficient (Wildman–Crippen LogP) is 2.76. The Labute approximate surface area is 121 Å². The number of hydrogen-bond acceptors (Lipinski definition) is 5. The summed E-state index contributed by atoms with van der Waals surface area (Å²) in [6.07, 6.45) is 9.33. The summed E-state index contributed by atoms with van der Waals surface area (Å²) in [5.74, 6) is 2.25. The molecule has 114 valence electrons. The first-order valence-corrected chi connectivity index (χ1v) is 8.11. The number of rotatable bonds is 8. The molecule has 0 bridgehead atoms. The largest absolute Gasteiger partial charge is 0.338 e. The molecule has 2 N–H and O–H groups in total. The minimum Gasteiger partial charge on any atom is -0.338 e. The van der Waals surface area contributed by atoms with Gasteiger partial charge in [-0.25, -0.2) is 0 Å². The molecule has 1 aromatic rings.